The second-order valence-electron chi connectivity index (χ2n) is 3.15. The van der Waals surface area contributed by atoms with E-state index in [0.29, 0.717) is 18.0 Å². The average Bonchev–Trinajstić information content (AvgIpc) is 2.63. The largest absolute Gasteiger partial charge is 0.485 e. The van der Waals surface area contributed by atoms with Crippen LogP contribution in [0.25, 0.3) is 0 Å². The first-order valence-corrected chi connectivity index (χ1v) is 6.98. The molecule has 0 saturated carbocycles. The predicted octanol–water partition coefficient (Wildman–Crippen LogP) is 4.43. The standard InChI is InChI=1S/C11H9Br2NOS/c12-8-2-1-3-9(14)11(8)15-6-7-4-5-10(13)16-7/h1-5H,6,14H2. The molecule has 0 fully saturated rings. The molecule has 0 unspecified atom stereocenters. The van der Waals surface area contributed by atoms with Crippen molar-refractivity contribution in [3.63, 3.8) is 0 Å². The van der Waals surface area contributed by atoms with E-state index in [1.54, 1.807) is 11.3 Å². The van der Waals surface area contributed by atoms with Gasteiger partial charge >= 0.3 is 0 Å². The summed E-state index contributed by atoms with van der Waals surface area (Å²) in [7, 11) is 0. The van der Waals surface area contributed by atoms with Gasteiger partial charge in [-0.05, 0) is 56.1 Å². The van der Waals surface area contributed by atoms with Gasteiger partial charge in [0.15, 0.2) is 5.75 Å². The Morgan fingerprint density at radius 1 is 1.19 bits per heavy atom. The number of halogens is 2. The highest BCUT2D eigenvalue weighted by atomic mass is 79.9. The van der Waals surface area contributed by atoms with Crippen LogP contribution in [0.4, 0.5) is 5.69 Å². The van der Waals surface area contributed by atoms with Crippen molar-refractivity contribution in [2.24, 2.45) is 0 Å². The summed E-state index contributed by atoms with van der Waals surface area (Å²) in [4.78, 5) is 1.15. The Morgan fingerprint density at radius 3 is 2.62 bits per heavy atom. The number of thiophene rings is 1. The van der Waals surface area contributed by atoms with E-state index < -0.39 is 0 Å². The fraction of sp³-hybridized carbons (Fsp3) is 0.0909. The lowest BCUT2D eigenvalue weighted by Gasteiger charge is -2.09. The molecule has 0 spiro atoms. The van der Waals surface area contributed by atoms with Gasteiger partial charge in [0, 0.05) is 4.88 Å². The molecular weight excluding hydrogens is 354 g/mol. The van der Waals surface area contributed by atoms with Crippen molar-refractivity contribution >= 4 is 48.9 Å². The van der Waals surface area contributed by atoms with Crippen LogP contribution in [0.15, 0.2) is 38.6 Å². The van der Waals surface area contributed by atoms with Crippen LogP contribution in [0.3, 0.4) is 0 Å². The minimum Gasteiger partial charge on any atom is -0.485 e. The van der Waals surface area contributed by atoms with Crippen molar-refractivity contribution in [3.8, 4) is 5.75 Å². The monoisotopic (exact) mass is 361 g/mol. The number of ether oxygens (including phenoxy) is 1. The van der Waals surface area contributed by atoms with Gasteiger partial charge in [-0.3, -0.25) is 0 Å². The molecule has 5 heteroatoms. The summed E-state index contributed by atoms with van der Waals surface area (Å²) in [6.07, 6.45) is 0. The first-order chi connectivity index (χ1) is 7.66. The Balaban J connectivity index is 2.10. The van der Waals surface area contributed by atoms with Gasteiger partial charge in [-0.1, -0.05) is 6.07 Å². The molecule has 2 N–H and O–H groups in total. The van der Waals surface area contributed by atoms with Crippen LogP contribution in [0.1, 0.15) is 4.88 Å². The third-order valence-corrected chi connectivity index (χ3v) is 4.21. The van der Waals surface area contributed by atoms with Crippen molar-refractivity contribution in [2.75, 3.05) is 5.73 Å². The molecule has 0 aliphatic heterocycles. The maximum absolute atomic E-state index is 5.83. The lowest BCUT2D eigenvalue weighted by Crippen LogP contribution is -1.97. The summed E-state index contributed by atoms with van der Waals surface area (Å²) in [6, 6.07) is 9.66. The molecule has 2 rings (SSSR count). The Bertz CT molecular complexity index is 478. The van der Waals surface area contributed by atoms with Crippen molar-refractivity contribution in [3.05, 3.63) is 43.5 Å². The molecule has 1 aromatic carbocycles. The minimum absolute atomic E-state index is 0.531. The zero-order valence-electron chi connectivity index (χ0n) is 8.24. The average molecular weight is 363 g/mol. The molecule has 0 bridgehead atoms. The third kappa shape index (κ3) is 2.78. The van der Waals surface area contributed by atoms with E-state index in [-0.39, 0.29) is 0 Å². The number of hydrogen-bond acceptors (Lipinski definition) is 3. The smallest absolute Gasteiger partial charge is 0.156 e. The first kappa shape index (κ1) is 12.0. The van der Waals surface area contributed by atoms with E-state index >= 15 is 0 Å². The molecule has 0 aliphatic rings. The maximum Gasteiger partial charge on any atom is 0.156 e. The molecule has 84 valence electrons. The molecule has 1 heterocycles. The number of benzene rings is 1. The van der Waals surface area contributed by atoms with E-state index in [2.05, 4.69) is 31.9 Å². The third-order valence-electron chi connectivity index (χ3n) is 1.99. The van der Waals surface area contributed by atoms with Gasteiger partial charge in [-0.2, -0.15) is 0 Å². The highest BCUT2D eigenvalue weighted by Gasteiger charge is 2.06. The van der Waals surface area contributed by atoms with Crippen LogP contribution in [-0.2, 0) is 6.61 Å². The van der Waals surface area contributed by atoms with Crippen LogP contribution >= 0.6 is 43.2 Å². The zero-order chi connectivity index (χ0) is 11.5. The van der Waals surface area contributed by atoms with Gasteiger partial charge in [0.05, 0.1) is 13.9 Å². The SMILES string of the molecule is Nc1cccc(Br)c1OCc1ccc(Br)s1. The van der Waals surface area contributed by atoms with Crippen LogP contribution in [0, 0.1) is 0 Å². The topological polar surface area (TPSA) is 35.2 Å². The Labute approximate surface area is 115 Å². The first-order valence-electron chi connectivity index (χ1n) is 4.58. The van der Waals surface area contributed by atoms with E-state index in [9.17, 15) is 0 Å². The number of nitrogen functional groups attached to an aromatic ring is 1. The van der Waals surface area contributed by atoms with Crippen molar-refractivity contribution in [1.82, 2.24) is 0 Å². The van der Waals surface area contributed by atoms with Crippen LogP contribution in [0.2, 0.25) is 0 Å². The molecule has 16 heavy (non-hydrogen) atoms. The fourth-order valence-electron chi connectivity index (χ4n) is 1.25. The summed E-state index contributed by atoms with van der Waals surface area (Å²) < 4.78 is 7.67. The van der Waals surface area contributed by atoms with Gasteiger partial charge in [0.25, 0.3) is 0 Å². The molecule has 0 atom stereocenters. The summed E-state index contributed by atoms with van der Waals surface area (Å²) in [5, 5.41) is 0. The predicted molar refractivity (Wildman–Crippen MR) is 74.9 cm³/mol. The lowest BCUT2D eigenvalue weighted by molar-refractivity contribution is 0.309. The van der Waals surface area contributed by atoms with E-state index in [4.69, 9.17) is 10.5 Å². The Kier molecular flexibility index (Phi) is 3.89. The van der Waals surface area contributed by atoms with Crippen LogP contribution < -0.4 is 10.5 Å². The minimum atomic E-state index is 0.531. The number of nitrogens with two attached hydrogens (primary N) is 1. The van der Waals surface area contributed by atoms with Crippen molar-refractivity contribution < 1.29 is 4.74 Å². The van der Waals surface area contributed by atoms with Gasteiger partial charge in [0.2, 0.25) is 0 Å². The number of anilines is 1. The highest BCUT2D eigenvalue weighted by Crippen LogP contribution is 2.32. The Hall–Kier alpha value is -0.520. The summed E-state index contributed by atoms with van der Waals surface area (Å²) in [5.74, 6) is 0.701. The van der Waals surface area contributed by atoms with Crippen molar-refractivity contribution in [2.45, 2.75) is 6.61 Å². The quantitative estimate of drug-likeness (QED) is 0.819. The molecule has 0 radical (unpaired) electrons. The molecule has 0 amide bonds. The van der Waals surface area contributed by atoms with Crippen molar-refractivity contribution in [1.29, 1.82) is 0 Å². The van der Waals surface area contributed by atoms with E-state index in [1.807, 2.05) is 30.3 Å². The highest BCUT2D eigenvalue weighted by molar-refractivity contribution is 9.11. The van der Waals surface area contributed by atoms with Crippen LogP contribution in [-0.4, -0.2) is 0 Å². The zero-order valence-corrected chi connectivity index (χ0v) is 12.2. The fourth-order valence-corrected chi connectivity index (χ4v) is 3.14. The molecule has 1 aromatic heterocycles. The number of rotatable bonds is 3. The normalized spacial score (nSPS) is 10.4. The lowest BCUT2D eigenvalue weighted by atomic mass is 10.3. The Morgan fingerprint density at radius 2 is 2.00 bits per heavy atom. The molecule has 2 nitrogen and oxygen atoms in total. The second-order valence-corrected chi connectivity index (χ2v) is 6.55. The molecule has 2 aromatic rings. The summed E-state index contributed by atoms with van der Waals surface area (Å²) >= 11 is 8.49. The molecular formula is C11H9Br2NOS. The summed E-state index contributed by atoms with van der Waals surface area (Å²) in [5.41, 5.74) is 6.47. The van der Waals surface area contributed by atoms with Crippen LogP contribution in [0.5, 0.6) is 5.75 Å². The molecule has 0 saturated heterocycles. The van der Waals surface area contributed by atoms with E-state index in [0.717, 1.165) is 13.1 Å². The number of hydrogen-bond donors (Lipinski definition) is 1. The summed E-state index contributed by atoms with van der Waals surface area (Å²) in [6.45, 7) is 0.531. The van der Waals surface area contributed by atoms with E-state index in [1.165, 1.54) is 0 Å². The maximum atomic E-state index is 5.83. The van der Waals surface area contributed by atoms with Gasteiger partial charge in [-0.25, -0.2) is 0 Å². The van der Waals surface area contributed by atoms with Gasteiger partial charge in [-0.15, -0.1) is 11.3 Å². The number of para-hydroxylation sites is 1. The second kappa shape index (κ2) is 5.21. The van der Waals surface area contributed by atoms with Gasteiger partial charge in [0.1, 0.15) is 6.61 Å². The van der Waals surface area contributed by atoms with Gasteiger partial charge < -0.3 is 10.5 Å². The molecule has 0 aliphatic carbocycles.